The summed E-state index contributed by atoms with van der Waals surface area (Å²) in [5, 5.41) is 12.8. The molecule has 2 aromatic rings. The average Bonchev–Trinajstić information content (AvgIpc) is 3.32. The van der Waals surface area contributed by atoms with Crippen molar-refractivity contribution in [2.75, 3.05) is 0 Å². The predicted molar refractivity (Wildman–Crippen MR) is 132 cm³/mol. The Labute approximate surface area is 207 Å². The number of aliphatic carboxylic acids is 1. The van der Waals surface area contributed by atoms with Gasteiger partial charge in [0, 0.05) is 27.5 Å². The van der Waals surface area contributed by atoms with Gasteiger partial charge in [-0.3, -0.25) is 9.59 Å². The number of rotatable bonds is 6. The molecule has 6 nitrogen and oxygen atoms in total. The second kappa shape index (κ2) is 9.29. The molecule has 1 aromatic carbocycles. The number of aromatic nitrogens is 1. The number of Topliss-reactive ketones (excluding diaryl/α,β-unsaturated/α-hetero) is 1. The van der Waals surface area contributed by atoms with E-state index < -0.39 is 29.4 Å². The molecule has 2 heterocycles. The summed E-state index contributed by atoms with van der Waals surface area (Å²) in [5.74, 6) is -2.24. The van der Waals surface area contributed by atoms with Gasteiger partial charge in [0.2, 0.25) is 0 Å². The first-order chi connectivity index (χ1) is 15.3. The Hall–Kier alpha value is -2.06. The van der Waals surface area contributed by atoms with Crippen LogP contribution in [0.1, 0.15) is 81.4 Å². The summed E-state index contributed by atoms with van der Waals surface area (Å²) < 4.78 is 0.791. The van der Waals surface area contributed by atoms with E-state index in [1.807, 2.05) is 19.9 Å². The highest BCUT2D eigenvalue weighted by molar-refractivity contribution is 9.10. The first-order valence-corrected chi connectivity index (χ1v) is 12.7. The fraction of sp³-hybridized carbons (Fsp3) is 0.520. The summed E-state index contributed by atoms with van der Waals surface area (Å²) in [6.45, 7) is 11.6. The van der Waals surface area contributed by atoms with Crippen molar-refractivity contribution in [2.24, 2.45) is 11.8 Å². The highest BCUT2D eigenvalue weighted by atomic mass is 79.9. The van der Waals surface area contributed by atoms with Crippen molar-refractivity contribution in [3.05, 3.63) is 50.4 Å². The first kappa shape index (κ1) is 25.6. The summed E-state index contributed by atoms with van der Waals surface area (Å²) in [4.78, 5) is 45.4. The number of nitrogens with zero attached hydrogens (tertiary/aromatic N) is 2. The van der Waals surface area contributed by atoms with Crippen molar-refractivity contribution in [1.82, 2.24) is 9.88 Å². The molecule has 0 radical (unpaired) electrons. The molecule has 1 aliphatic heterocycles. The molecular formula is C25H31BrN2O4S. The molecule has 0 unspecified atom stereocenters. The Bertz CT molecular complexity index is 1060. The highest BCUT2D eigenvalue weighted by Crippen LogP contribution is 2.51. The third-order valence-electron chi connectivity index (χ3n) is 6.29. The van der Waals surface area contributed by atoms with Gasteiger partial charge in [-0.15, -0.1) is 11.3 Å². The lowest BCUT2D eigenvalue weighted by molar-refractivity contribution is -0.150. The van der Waals surface area contributed by atoms with Gasteiger partial charge in [-0.1, -0.05) is 56.6 Å². The van der Waals surface area contributed by atoms with Crippen molar-refractivity contribution in [2.45, 2.75) is 71.4 Å². The van der Waals surface area contributed by atoms with Crippen molar-refractivity contribution in [3.8, 4) is 0 Å². The maximum absolute atomic E-state index is 14.0. The minimum absolute atomic E-state index is 0.00838. The maximum atomic E-state index is 14.0. The van der Waals surface area contributed by atoms with Gasteiger partial charge < -0.3 is 10.0 Å². The van der Waals surface area contributed by atoms with E-state index in [4.69, 9.17) is 0 Å². The summed E-state index contributed by atoms with van der Waals surface area (Å²) in [6, 6.07) is 4.69. The van der Waals surface area contributed by atoms with Crippen LogP contribution in [0, 0.1) is 11.8 Å². The molecule has 1 N–H and O–H groups in total. The molecule has 1 saturated heterocycles. The zero-order chi connectivity index (χ0) is 24.7. The van der Waals surface area contributed by atoms with Crippen LogP contribution in [0.4, 0.5) is 0 Å². The van der Waals surface area contributed by atoms with Gasteiger partial charge in [0.1, 0.15) is 16.3 Å². The van der Waals surface area contributed by atoms with Crippen LogP contribution in [0.5, 0.6) is 0 Å². The van der Waals surface area contributed by atoms with Crippen molar-refractivity contribution >= 4 is 44.9 Å². The number of carboxylic acid groups (broad SMARTS) is 1. The Morgan fingerprint density at radius 1 is 1.30 bits per heavy atom. The minimum atomic E-state index is -1.49. The fourth-order valence-corrected chi connectivity index (χ4v) is 6.67. The van der Waals surface area contributed by atoms with Crippen LogP contribution >= 0.6 is 27.3 Å². The predicted octanol–water partition coefficient (Wildman–Crippen LogP) is 5.87. The van der Waals surface area contributed by atoms with Crippen LogP contribution in [0.25, 0.3) is 0 Å². The molecule has 3 atom stereocenters. The van der Waals surface area contributed by atoms with E-state index in [0.717, 1.165) is 10.0 Å². The number of carboxylic acids is 1. The quantitative estimate of drug-likeness (QED) is 0.500. The molecule has 33 heavy (non-hydrogen) atoms. The van der Waals surface area contributed by atoms with Gasteiger partial charge in [-0.25, -0.2) is 9.78 Å². The third-order valence-corrected chi connectivity index (χ3v) is 7.79. The maximum Gasteiger partial charge on any atom is 0.329 e. The minimum Gasteiger partial charge on any atom is -0.479 e. The van der Waals surface area contributed by atoms with E-state index >= 15 is 0 Å². The Morgan fingerprint density at radius 2 is 1.97 bits per heavy atom. The van der Waals surface area contributed by atoms with E-state index in [9.17, 15) is 19.5 Å². The number of ketones is 1. The lowest BCUT2D eigenvalue weighted by atomic mass is 9.82. The second-order valence-corrected chi connectivity index (χ2v) is 12.1. The second-order valence-electron chi connectivity index (χ2n) is 10.3. The van der Waals surface area contributed by atoms with Crippen molar-refractivity contribution in [3.63, 3.8) is 0 Å². The lowest BCUT2D eigenvalue weighted by Gasteiger charge is -2.38. The molecule has 1 fully saturated rings. The van der Waals surface area contributed by atoms with E-state index in [2.05, 4.69) is 41.7 Å². The zero-order valence-electron chi connectivity index (χ0n) is 19.9. The van der Waals surface area contributed by atoms with Gasteiger partial charge in [-0.05, 0) is 48.8 Å². The lowest BCUT2D eigenvalue weighted by Crippen LogP contribution is -2.54. The van der Waals surface area contributed by atoms with Crippen LogP contribution in [0.15, 0.2) is 34.2 Å². The molecule has 0 bridgehead atoms. The average molecular weight is 536 g/mol. The van der Waals surface area contributed by atoms with E-state index in [-0.39, 0.29) is 30.0 Å². The Morgan fingerprint density at radius 3 is 2.42 bits per heavy atom. The molecule has 0 spiro atoms. The third kappa shape index (κ3) is 4.78. The summed E-state index contributed by atoms with van der Waals surface area (Å²) in [7, 11) is 0. The molecule has 3 rings (SSSR count). The normalized spacial score (nSPS) is 23.2. The van der Waals surface area contributed by atoms with Gasteiger partial charge in [0.25, 0.3) is 5.91 Å². The standard InChI is InChI=1S/C25H31BrN2O4S/c1-14(2)12-25(23(31)32)13-17(15(3)29)20(21-27-9-10-33-21)28(25)22(30)16-7-8-18(19(26)11-16)24(4,5)6/h7-11,14,17,20H,12-13H2,1-6H3,(H,31,32)/t17-,20+,25-/m0/s1. The van der Waals surface area contributed by atoms with Crippen molar-refractivity contribution in [1.29, 1.82) is 0 Å². The molecule has 0 aliphatic carbocycles. The van der Waals surface area contributed by atoms with Crippen LogP contribution in [-0.2, 0) is 15.0 Å². The van der Waals surface area contributed by atoms with Crippen LogP contribution in [0.2, 0.25) is 0 Å². The molecule has 178 valence electrons. The molecule has 1 aromatic heterocycles. The highest BCUT2D eigenvalue weighted by Gasteiger charge is 2.60. The zero-order valence-corrected chi connectivity index (χ0v) is 22.3. The number of thiazole rings is 1. The number of likely N-dealkylation sites (tertiary alicyclic amines) is 1. The van der Waals surface area contributed by atoms with E-state index in [0.29, 0.717) is 10.6 Å². The topological polar surface area (TPSA) is 87.6 Å². The van der Waals surface area contributed by atoms with E-state index in [1.54, 1.807) is 23.7 Å². The molecule has 8 heteroatoms. The number of amides is 1. The number of hydrogen-bond acceptors (Lipinski definition) is 5. The van der Waals surface area contributed by atoms with Crippen LogP contribution in [-0.4, -0.2) is 38.2 Å². The van der Waals surface area contributed by atoms with Crippen LogP contribution in [0.3, 0.4) is 0 Å². The smallest absolute Gasteiger partial charge is 0.329 e. The van der Waals surface area contributed by atoms with Gasteiger partial charge in [-0.2, -0.15) is 0 Å². The largest absolute Gasteiger partial charge is 0.479 e. The number of carbonyl (C=O) groups excluding carboxylic acids is 2. The monoisotopic (exact) mass is 534 g/mol. The molecular weight excluding hydrogens is 504 g/mol. The number of carbonyl (C=O) groups is 3. The fourth-order valence-electron chi connectivity index (χ4n) is 4.90. The van der Waals surface area contributed by atoms with Crippen molar-refractivity contribution < 1.29 is 19.5 Å². The Kier molecular flexibility index (Phi) is 7.20. The summed E-state index contributed by atoms with van der Waals surface area (Å²) in [5.41, 5.74) is -0.187. The first-order valence-electron chi connectivity index (χ1n) is 11.1. The molecule has 0 saturated carbocycles. The van der Waals surface area contributed by atoms with E-state index in [1.165, 1.54) is 23.2 Å². The molecule has 1 amide bonds. The Balaban J connectivity index is 2.21. The molecule has 1 aliphatic rings. The van der Waals surface area contributed by atoms with Crippen LogP contribution < -0.4 is 0 Å². The van der Waals surface area contributed by atoms with Gasteiger partial charge >= 0.3 is 5.97 Å². The number of hydrogen-bond donors (Lipinski definition) is 1. The summed E-state index contributed by atoms with van der Waals surface area (Å²) >= 11 is 4.93. The number of halogens is 1. The SMILES string of the molecule is CC(=O)[C@@H]1C[C@@](CC(C)C)(C(=O)O)N(C(=O)c2ccc(C(C)(C)C)c(Br)c2)[C@H]1c1nccs1. The number of benzene rings is 1. The summed E-state index contributed by atoms with van der Waals surface area (Å²) in [6.07, 6.45) is 1.95. The van der Waals surface area contributed by atoms with Gasteiger partial charge in [0.05, 0.1) is 6.04 Å². The van der Waals surface area contributed by atoms with Gasteiger partial charge in [0.15, 0.2) is 0 Å².